The lowest BCUT2D eigenvalue weighted by Gasteiger charge is -2.14. The Balaban J connectivity index is 2.17. The van der Waals surface area contributed by atoms with Crippen molar-refractivity contribution in [2.24, 2.45) is 0 Å². The van der Waals surface area contributed by atoms with Gasteiger partial charge in [0.25, 0.3) is 0 Å². The fourth-order valence-electron chi connectivity index (χ4n) is 2.52. The average Bonchev–Trinajstić information content (AvgIpc) is 2.55. The summed E-state index contributed by atoms with van der Waals surface area (Å²) in [5.41, 5.74) is 9.86. The van der Waals surface area contributed by atoms with Crippen molar-refractivity contribution in [2.45, 2.75) is 46.1 Å². The number of hydrogen-bond acceptors (Lipinski definition) is 5. The second-order valence-corrected chi connectivity index (χ2v) is 5.78. The summed E-state index contributed by atoms with van der Waals surface area (Å²) in [4.78, 5) is 8.67. The van der Waals surface area contributed by atoms with E-state index in [1.165, 1.54) is 12.8 Å². The Labute approximate surface area is 138 Å². The van der Waals surface area contributed by atoms with Crippen molar-refractivity contribution < 1.29 is 5.11 Å². The maximum atomic E-state index is 9.13. The van der Waals surface area contributed by atoms with E-state index in [9.17, 15) is 0 Å². The van der Waals surface area contributed by atoms with Crippen LogP contribution in [0.15, 0.2) is 24.3 Å². The highest BCUT2D eigenvalue weighted by molar-refractivity contribution is 5.51. The molecule has 4 N–H and O–H groups in total. The number of anilines is 2. The Morgan fingerprint density at radius 2 is 1.78 bits per heavy atom. The molecule has 0 amide bonds. The van der Waals surface area contributed by atoms with Crippen molar-refractivity contribution in [1.29, 1.82) is 0 Å². The van der Waals surface area contributed by atoms with Crippen LogP contribution in [0.25, 0.3) is 0 Å². The van der Waals surface area contributed by atoms with Gasteiger partial charge >= 0.3 is 0 Å². The van der Waals surface area contributed by atoms with Crippen LogP contribution in [0.1, 0.15) is 48.6 Å². The Bertz CT molecular complexity index is 626. The molecule has 0 radical (unpaired) electrons. The van der Waals surface area contributed by atoms with Crippen LogP contribution in [-0.2, 0) is 13.0 Å². The summed E-state index contributed by atoms with van der Waals surface area (Å²) in [5.74, 6) is 1.14. The van der Waals surface area contributed by atoms with E-state index in [0.717, 1.165) is 47.6 Å². The van der Waals surface area contributed by atoms with E-state index in [-0.39, 0.29) is 6.61 Å². The molecular weight excluding hydrogens is 288 g/mol. The van der Waals surface area contributed by atoms with Crippen molar-refractivity contribution in [3.8, 4) is 0 Å². The number of aliphatic hydroxyl groups is 1. The molecule has 0 bridgehead atoms. The lowest BCUT2D eigenvalue weighted by atomic mass is 10.0. The average molecular weight is 314 g/mol. The largest absolute Gasteiger partial charge is 0.392 e. The molecule has 0 saturated carbocycles. The number of nitrogens with two attached hydrogens (primary N) is 1. The van der Waals surface area contributed by atoms with E-state index in [1.54, 1.807) is 0 Å². The smallest absolute Gasteiger partial charge is 0.222 e. The zero-order valence-electron chi connectivity index (χ0n) is 14.0. The van der Waals surface area contributed by atoms with Gasteiger partial charge in [-0.3, -0.25) is 0 Å². The molecule has 0 unspecified atom stereocenters. The maximum Gasteiger partial charge on any atom is 0.222 e. The van der Waals surface area contributed by atoms with Gasteiger partial charge in [0.15, 0.2) is 0 Å². The second-order valence-electron chi connectivity index (χ2n) is 5.78. The van der Waals surface area contributed by atoms with Crippen molar-refractivity contribution in [2.75, 3.05) is 17.6 Å². The van der Waals surface area contributed by atoms with E-state index in [0.29, 0.717) is 5.95 Å². The highest BCUT2D eigenvalue weighted by Gasteiger charge is 2.11. The molecule has 0 aliphatic carbocycles. The lowest BCUT2D eigenvalue weighted by Crippen LogP contribution is -2.11. The Morgan fingerprint density at radius 3 is 2.43 bits per heavy atom. The highest BCUT2D eigenvalue weighted by atomic mass is 16.3. The van der Waals surface area contributed by atoms with Crippen LogP contribution >= 0.6 is 0 Å². The first-order valence-electron chi connectivity index (χ1n) is 8.19. The first-order valence-corrected chi connectivity index (χ1v) is 8.19. The van der Waals surface area contributed by atoms with Gasteiger partial charge in [0.05, 0.1) is 6.61 Å². The predicted octanol–water partition coefficient (Wildman–Crippen LogP) is 3.05. The Hall–Kier alpha value is -2.14. The number of rotatable bonds is 8. The summed E-state index contributed by atoms with van der Waals surface area (Å²) in [6.45, 7) is 5.11. The zero-order chi connectivity index (χ0) is 16.7. The van der Waals surface area contributed by atoms with E-state index >= 15 is 0 Å². The van der Waals surface area contributed by atoms with Gasteiger partial charge in [-0.05, 0) is 24.5 Å². The van der Waals surface area contributed by atoms with E-state index < -0.39 is 0 Å². The summed E-state index contributed by atoms with van der Waals surface area (Å²) in [6.07, 6.45) is 4.25. The third-order valence-electron chi connectivity index (χ3n) is 3.89. The number of nitrogen functional groups attached to an aromatic ring is 1. The number of aliphatic hydroxyl groups excluding tert-OH is 1. The molecular formula is C18H26N4O. The van der Waals surface area contributed by atoms with Crippen LogP contribution < -0.4 is 11.1 Å². The summed E-state index contributed by atoms with van der Waals surface area (Å²) < 4.78 is 0. The van der Waals surface area contributed by atoms with Gasteiger partial charge in [-0.15, -0.1) is 0 Å². The molecule has 23 heavy (non-hydrogen) atoms. The van der Waals surface area contributed by atoms with Crippen molar-refractivity contribution in [3.05, 3.63) is 46.6 Å². The molecule has 1 aromatic carbocycles. The quantitative estimate of drug-likeness (QED) is 0.652. The SMILES string of the molecule is CCCCCNc1nc(N)nc(C)c1Cc1ccc(CO)cc1. The van der Waals surface area contributed by atoms with Gasteiger partial charge in [0, 0.05) is 24.2 Å². The first kappa shape index (κ1) is 17.2. The monoisotopic (exact) mass is 314 g/mol. The standard InChI is InChI=1S/C18H26N4O/c1-3-4-5-10-20-17-16(13(2)21-18(19)22-17)11-14-6-8-15(12-23)9-7-14/h6-9,23H,3-5,10-12H2,1-2H3,(H3,19,20,21,22). The molecule has 2 rings (SSSR count). The minimum absolute atomic E-state index is 0.0640. The number of aryl methyl sites for hydroxylation is 1. The lowest BCUT2D eigenvalue weighted by molar-refractivity contribution is 0.282. The van der Waals surface area contributed by atoms with Crippen LogP contribution in [0, 0.1) is 6.92 Å². The van der Waals surface area contributed by atoms with Crippen molar-refractivity contribution >= 4 is 11.8 Å². The van der Waals surface area contributed by atoms with Crippen LogP contribution in [-0.4, -0.2) is 21.6 Å². The molecule has 0 aliphatic rings. The summed E-state index contributed by atoms with van der Waals surface area (Å²) in [7, 11) is 0. The highest BCUT2D eigenvalue weighted by Crippen LogP contribution is 2.21. The zero-order valence-corrected chi connectivity index (χ0v) is 14.0. The summed E-state index contributed by atoms with van der Waals surface area (Å²) in [6, 6.07) is 7.94. The minimum atomic E-state index is 0.0640. The minimum Gasteiger partial charge on any atom is -0.392 e. The van der Waals surface area contributed by atoms with Crippen LogP contribution in [0.5, 0.6) is 0 Å². The molecule has 2 aromatic rings. The first-order chi connectivity index (χ1) is 11.1. The number of hydrogen-bond donors (Lipinski definition) is 3. The van der Waals surface area contributed by atoms with Gasteiger partial charge in [-0.2, -0.15) is 4.98 Å². The molecule has 5 heteroatoms. The number of aromatic nitrogens is 2. The number of unbranched alkanes of at least 4 members (excludes halogenated alkanes) is 2. The fraction of sp³-hybridized carbons (Fsp3) is 0.444. The Morgan fingerprint density at radius 1 is 1.09 bits per heavy atom. The third-order valence-corrected chi connectivity index (χ3v) is 3.89. The topological polar surface area (TPSA) is 84.1 Å². The number of benzene rings is 1. The fourth-order valence-corrected chi connectivity index (χ4v) is 2.52. The number of nitrogens with zero attached hydrogens (tertiary/aromatic N) is 2. The van der Waals surface area contributed by atoms with E-state index in [1.807, 2.05) is 31.2 Å². The van der Waals surface area contributed by atoms with Gasteiger partial charge in [-0.1, -0.05) is 44.0 Å². The van der Waals surface area contributed by atoms with E-state index in [2.05, 4.69) is 22.2 Å². The van der Waals surface area contributed by atoms with E-state index in [4.69, 9.17) is 10.8 Å². The molecule has 124 valence electrons. The molecule has 0 spiro atoms. The van der Waals surface area contributed by atoms with Gasteiger partial charge in [0.2, 0.25) is 5.95 Å². The van der Waals surface area contributed by atoms with Crippen LogP contribution in [0.4, 0.5) is 11.8 Å². The van der Waals surface area contributed by atoms with Crippen molar-refractivity contribution in [1.82, 2.24) is 9.97 Å². The van der Waals surface area contributed by atoms with Gasteiger partial charge in [0.1, 0.15) is 5.82 Å². The maximum absolute atomic E-state index is 9.13. The molecule has 0 fully saturated rings. The molecule has 0 saturated heterocycles. The summed E-state index contributed by atoms with van der Waals surface area (Å²) >= 11 is 0. The molecule has 5 nitrogen and oxygen atoms in total. The molecule has 0 aliphatic heterocycles. The van der Waals surface area contributed by atoms with Gasteiger partial charge < -0.3 is 16.2 Å². The summed E-state index contributed by atoms with van der Waals surface area (Å²) in [5, 5.41) is 12.5. The third kappa shape index (κ3) is 4.93. The molecule has 1 aromatic heterocycles. The predicted molar refractivity (Wildman–Crippen MR) is 94.4 cm³/mol. The molecule has 1 heterocycles. The number of nitrogens with one attached hydrogen (secondary N) is 1. The van der Waals surface area contributed by atoms with Crippen molar-refractivity contribution in [3.63, 3.8) is 0 Å². The second kappa shape index (κ2) is 8.48. The Kier molecular flexibility index (Phi) is 6.35. The van der Waals surface area contributed by atoms with Gasteiger partial charge in [-0.25, -0.2) is 4.98 Å². The van der Waals surface area contributed by atoms with Crippen LogP contribution in [0.3, 0.4) is 0 Å². The normalized spacial score (nSPS) is 10.7. The van der Waals surface area contributed by atoms with Crippen LogP contribution in [0.2, 0.25) is 0 Å². The molecule has 0 atom stereocenters.